The molecule has 1 N–H and O–H groups in total. The lowest BCUT2D eigenvalue weighted by atomic mass is 9.96. The fourth-order valence-electron chi connectivity index (χ4n) is 4.40. The lowest BCUT2D eigenvalue weighted by Gasteiger charge is -2.26. The normalized spacial score (nSPS) is 13.3. The quantitative estimate of drug-likeness (QED) is 0.413. The van der Waals surface area contributed by atoms with Crippen LogP contribution >= 0.6 is 11.3 Å². The van der Waals surface area contributed by atoms with Gasteiger partial charge in [-0.05, 0) is 48.1 Å². The number of thiophene rings is 1. The van der Waals surface area contributed by atoms with Gasteiger partial charge in [0.15, 0.2) is 0 Å². The van der Waals surface area contributed by atoms with E-state index in [1.165, 1.54) is 11.3 Å². The fraction of sp³-hybridized carbons (Fsp3) is 0.357. The number of amides is 2. The van der Waals surface area contributed by atoms with Crippen molar-refractivity contribution in [1.82, 2.24) is 9.88 Å². The Labute approximate surface area is 220 Å². The largest absolute Gasteiger partial charge is 0.494 e. The van der Waals surface area contributed by atoms with Gasteiger partial charge in [-0.1, -0.05) is 31.2 Å². The zero-order valence-corrected chi connectivity index (χ0v) is 21.8. The highest BCUT2D eigenvalue weighted by atomic mass is 32.1. The molecule has 2 aromatic heterocycles. The topological polar surface area (TPSA) is 105 Å². The number of hydrogen-bond donors (Lipinski definition) is 1. The molecule has 0 saturated carbocycles. The predicted molar refractivity (Wildman–Crippen MR) is 142 cm³/mol. The first-order valence-electron chi connectivity index (χ1n) is 12.4. The van der Waals surface area contributed by atoms with Crippen molar-refractivity contribution in [3.05, 3.63) is 75.9 Å². The number of hydrogen-bond acceptors (Lipinski definition) is 7. The first-order chi connectivity index (χ1) is 18.0. The maximum atomic E-state index is 12.9. The van der Waals surface area contributed by atoms with Crippen LogP contribution in [0.4, 0.5) is 9.80 Å². The molecule has 8 nitrogen and oxygen atoms in total. The molecule has 0 spiro atoms. The van der Waals surface area contributed by atoms with E-state index in [0.29, 0.717) is 43.1 Å². The lowest BCUT2D eigenvalue weighted by molar-refractivity contribution is -0.116. The number of fused-ring (bicyclic) bond motifs is 1. The molecule has 0 fully saturated rings. The van der Waals surface area contributed by atoms with E-state index >= 15 is 0 Å². The van der Waals surface area contributed by atoms with Crippen molar-refractivity contribution in [2.24, 2.45) is 0 Å². The Hall–Kier alpha value is -3.90. The van der Waals surface area contributed by atoms with Gasteiger partial charge in [-0.25, -0.2) is 4.79 Å². The van der Waals surface area contributed by atoms with Crippen LogP contribution in [-0.4, -0.2) is 41.6 Å². The number of ether oxygens (including phenoxy) is 2. The minimum Gasteiger partial charge on any atom is -0.494 e. The molecule has 1 unspecified atom stereocenters. The van der Waals surface area contributed by atoms with E-state index in [0.717, 1.165) is 27.3 Å². The summed E-state index contributed by atoms with van der Waals surface area (Å²) in [6.45, 7) is 5.56. The maximum Gasteiger partial charge on any atom is 0.410 e. The van der Waals surface area contributed by atoms with Gasteiger partial charge in [0.1, 0.15) is 16.8 Å². The van der Waals surface area contributed by atoms with Crippen LogP contribution in [0.25, 0.3) is 0 Å². The minimum atomic E-state index is -0.381. The highest BCUT2D eigenvalue weighted by Crippen LogP contribution is 2.37. The van der Waals surface area contributed by atoms with Crippen molar-refractivity contribution < 1.29 is 19.1 Å². The number of para-hydroxylation sites is 1. The number of nitrogens with zero attached hydrogens (tertiary/aromatic N) is 3. The van der Waals surface area contributed by atoms with Crippen LogP contribution in [0.3, 0.4) is 0 Å². The molecular formula is C28H30N4O4S. The molecule has 0 saturated heterocycles. The SMILES string of the molecule is CCOc1ccccc1C(C)CC(=O)Nc1sc2c(c1C#N)CCN(C(=O)OCCc1cccnc1)C2. The average molecular weight is 519 g/mol. The van der Waals surface area contributed by atoms with Crippen LogP contribution in [0.2, 0.25) is 0 Å². The average Bonchev–Trinajstić information content (AvgIpc) is 3.25. The molecule has 2 amide bonds. The molecule has 1 aliphatic rings. The Balaban J connectivity index is 1.36. The Morgan fingerprint density at radius 3 is 2.86 bits per heavy atom. The molecule has 3 heterocycles. The van der Waals surface area contributed by atoms with Crippen LogP contribution in [0.15, 0.2) is 48.8 Å². The summed E-state index contributed by atoms with van der Waals surface area (Å²) in [7, 11) is 0. The molecule has 1 aliphatic heterocycles. The van der Waals surface area contributed by atoms with Gasteiger partial charge in [-0.2, -0.15) is 5.26 Å². The van der Waals surface area contributed by atoms with Crippen molar-refractivity contribution in [3.63, 3.8) is 0 Å². The maximum absolute atomic E-state index is 12.9. The molecule has 0 radical (unpaired) electrons. The van der Waals surface area contributed by atoms with E-state index < -0.39 is 0 Å². The summed E-state index contributed by atoms with van der Waals surface area (Å²) in [4.78, 5) is 32.1. The number of benzene rings is 1. The second-order valence-corrected chi connectivity index (χ2v) is 9.95. The van der Waals surface area contributed by atoms with Gasteiger partial charge in [0, 0.05) is 36.7 Å². The van der Waals surface area contributed by atoms with E-state index in [9.17, 15) is 14.9 Å². The first kappa shape index (κ1) is 26.2. The highest BCUT2D eigenvalue weighted by molar-refractivity contribution is 7.16. The third-order valence-electron chi connectivity index (χ3n) is 6.26. The van der Waals surface area contributed by atoms with Gasteiger partial charge >= 0.3 is 6.09 Å². The van der Waals surface area contributed by atoms with Crippen molar-refractivity contribution in [2.45, 2.75) is 45.6 Å². The third-order valence-corrected chi connectivity index (χ3v) is 7.39. The zero-order chi connectivity index (χ0) is 26.2. The van der Waals surface area contributed by atoms with E-state index in [2.05, 4.69) is 16.4 Å². The van der Waals surface area contributed by atoms with Gasteiger partial charge < -0.3 is 19.7 Å². The minimum absolute atomic E-state index is 0.0557. The van der Waals surface area contributed by atoms with E-state index in [1.54, 1.807) is 17.3 Å². The first-order valence-corrected chi connectivity index (χ1v) is 13.2. The second-order valence-electron chi connectivity index (χ2n) is 8.84. The number of anilines is 1. The van der Waals surface area contributed by atoms with E-state index in [4.69, 9.17) is 9.47 Å². The van der Waals surface area contributed by atoms with Crippen LogP contribution in [0, 0.1) is 11.3 Å². The Kier molecular flexibility index (Phi) is 8.75. The van der Waals surface area contributed by atoms with E-state index in [-0.39, 0.29) is 30.9 Å². The number of nitrogens with one attached hydrogen (secondary N) is 1. The van der Waals surface area contributed by atoms with Crippen molar-refractivity contribution in [1.29, 1.82) is 5.26 Å². The van der Waals surface area contributed by atoms with Gasteiger partial charge in [-0.3, -0.25) is 9.78 Å². The van der Waals surface area contributed by atoms with Gasteiger partial charge in [0.2, 0.25) is 5.91 Å². The van der Waals surface area contributed by atoms with Crippen molar-refractivity contribution >= 4 is 28.3 Å². The molecule has 0 bridgehead atoms. The summed E-state index contributed by atoms with van der Waals surface area (Å²) in [6, 6.07) is 13.8. The van der Waals surface area contributed by atoms with Crippen LogP contribution in [0.1, 0.15) is 53.3 Å². The Bertz CT molecular complexity index is 1290. The Morgan fingerprint density at radius 2 is 2.11 bits per heavy atom. The number of carbonyl (C=O) groups excluding carboxylic acids is 2. The summed E-state index contributed by atoms with van der Waals surface area (Å²) in [5.74, 6) is 0.558. The molecule has 0 aliphatic carbocycles. The van der Waals surface area contributed by atoms with Crippen molar-refractivity contribution in [3.8, 4) is 11.8 Å². The molecule has 1 aromatic carbocycles. The van der Waals surface area contributed by atoms with Crippen LogP contribution in [0.5, 0.6) is 5.75 Å². The standard InChI is InChI=1S/C28H30N4O4S/c1-3-35-24-9-5-4-8-21(24)19(2)15-26(33)31-27-23(16-29)22-10-13-32(18-25(22)37-27)28(34)36-14-11-20-7-6-12-30-17-20/h4-9,12,17,19H,3,10-11,13-15,18H2,1-2H3,(H,31,33). The molecular weight excluding hydrogens is 488 g/mol. The summed E-state index contributed by atoms with van der Waals surface area (Å²) >= 11 is 1.35. The third kappa shape index (κ3) is 6.46. The summed E-state index contributed by atoms with van der Waals surface area (Å²) in [6.07, 6.45) is 4.47. The monoisotopic (exact) mass is 518 g/mol. The number of nitriles is 1. The molecule has 1 atom stereocenters. The summed E-state index contributed by atoms with van der Waals surface area (Å²) in [5.41, 5.74) is 3.37. The molecule has 3 aromatic rings. The number of pyridine rings is 1. The Morgan fingerprint density at radius 1 is 1.27 bits per heavy atom. The zero-order valence-electron chi connectivity index (χ0n) is 21.0. The number of rotatable bonds is 9. The predicted octanol–water partition coefficient (Wildman–Crippen LogP) is 5.28. The molecule has 37 heavy (non-hydrogen) atoms. The van der Waals surface area contributed by atoms with E-state index in [1.807, 2.05) is 50.2 Å². The van der Waals surface area contributed by atoms with Gasteiger partial charge in [-0.15, -0.1) is 11.3 Å². The molecule has 192 valence electrons. The highest BCUT2D eigenvalue weighted by Gasteiger charge is 2.28. The van der Waals surface area contributed by atoms with Gasteiger partial charge in [0.25, 0.3) is 0 Å². The lowest BCUT2D eigenvalue weighted by Crippen LogP contribution is -2.36. The fourth-order valence-corrected chi connectivity index (χ4v) is 5.63. The number of aromatic nitrogens is 1. The summed E-state index contributed by atoms with van der Waals surface area (Å²) < 4.78 is 11.2. The number of carbonyl (C=O) groups is 2. The second kappa shape index (κ2) is 12.4. The van der Waals surface area contributed by atoms with Crippen LogP contribution in [-0.2, 0) is 28.9 Å². The summed E-state index contributed by atoms with van der Waals surface area (Å²) in [5, 5.41) is 13.3. The van der Waals surface area contributed by atoms with Gasteiger partial charge in [0.05, 0.1) is 25.3 Å². The molecule has 4 rings (SSSR count). The van der Waals surface area contributed by atoms with Crippen LogP contribution < -0.4 is 10.1 Å². The molecule has 9 heteroatoms. The van der Waals surface area contributed by atoms with Crippen molar-refractivity contribution in [2.75, 3.05) is 25.1 Å². The smallest absolute Gasteiger partial charge is 0.410 e.